The number of carbonyl (C=O) groups excluding carboxylic acids is 1. The average molecular weight is 334 g/mol. The van der Waals surface area contributed by atoms with Gasteiger partial charge in [0.15, 0.2) is 0 Å². The zero-order chi connectivity index (χ0) is 17.0. The van der Waals surface area contributed by atoms with E-state index in [1.807, 2.05) is 26.3 Å². The number of halogens is 1. The van der Waals surface area contributed by atoms with E-state index in [-0.39, 0.29) is 12.4 Å². The Morgan fingerprint density at radius 1 is 1.48 bits per heavy atom. The molecular weight excluding hydrogens is 315 g/mol. The molecule has 0 saturated carbocycles. The summed E-state index contributed by atoms with van der Waals surface area (Å²) in [6, 6.07) is 0. The molecule has 0 atom stereocenters. The third-order valence-electron chi connectivity index (χ3n) is 3.47. The summed E-state index contributed by atoms with van der Waals surface area (Å²) in [5, 5.41) is 5.23. The molecule has 1 aliphatic rings. The van der Waals surface area contributed by atoms with E-state index < -0.39 is 5.91 Å². The molecule has 1 aliphatic carbocycles. The van der Waals surface area contributed by atoms with E-state index in [4.69, 9.17) is 5.73 Å². The van der Waals surface area contributed by atoms with Gasteiger partial charge in [0.25, 0.3) is 0 Å². The lowest BCUT2D eigenvalue weighted by Gasteiger charge is -2.06. The van der Waals surface area contributed by atoms with Gasteiger partial charge in [-0.1, -0.05) is 12.2 Å². The third kappa shape index (κ3) is 3.98. The first kappa shape index (κ1) is 17.2. The van der Waals surface area contributed by atoms with Crippen LogP contribution in [0.15, 0.2) is 35.1 Å². The highest BCUT2D eigenvalue weighted by atomic mass is 32.2. The van der Waals surface area contributed by atoms with Crippen LogP contribution in [0.1, 0.15) is 23.4 Å². The molecular formula is C16H19FN4OS. The summed E-state index contributed by atoms with van der Waals surface area (Å²) >= 11 is 1.43. The standard InChI is InChI=1S/C16H19FN4OS/c1-10-14(16(23-3)19-9-13(18)22)15(20-21(10)2)11-5-4-6-12(17)8-7-11/h5-8H,4,9H2,1-3H3,(H2,18,22). The molecule has 2 rings (SSSR count). The van der Waals surface area contributed by atoms with Crippen LogP contribution in [-0.2, 0) is 11.8 Å². The maximum atomic E-state index is 13.4. The van der Waals surface area contributed by atoms with Crippen LogP contribution in [-0.4, -0.2) is 33.5 Å². The van der Waals surface area contributed by atoms with Gasteiger partial charge in [-0.25, -0.2) is 4.39 Å². The molecule has 2 N–H and O–H groups in total. The molecule has 0 radical (unpaired) electrons. The van der Waals surface area contributed by atoms with Crippen LogP contribution in [0.3, 0.4) is 0 Å². The Bertz CT molecular complexity index is 744. The van der Waals surface area contributed by atoms with Crippen molar-refractivity contribution >= 4 is 28.3 Å². The highest BCUT2D eigenvalue weighted by molar-refractivity contribution is 8.13. The molecule has 0 aromatic carbocycles. The number of thioether (sulfide) groups is 1. The second-order valence-corrected chi connectivity index (χ2v) is 5.84. The predicted molar refractivity (Wildman–Crippen MR) is 93.0 cm³/mol. The maximum Gasteiger partial charge on any atom is 0.239 e. The SMILES string of the molecule is CSC(=NCC(N)=O)c1c(C2=CCC=C(F)C=C2)nn(C)c1C. The van der Waals surface area contributed by atoms with Crippen molar-refractivity contribution < 1.29 is 9.18 Å². The second kappa shape index (κ2) is 7.41. The van der Waals surface area contributed by atoms with Gasteiger partial charge in [-0.05, 0) is 37.3 Å². The van der Waals surface area contributed by atoms with Crippen LogP contribution in [0.4, 0.5) is 4.39 Å². The lowest BCUT2D eigenvalue weighted by Crippen LogP contribution is -2.15. The minimum absolute atomic E-state index is 0.0744. The Balaban J connectivity index is 2.52. The highest BCUT2D eigenvalue weighted by Gasteiger charge is 2.20. The van der Waals surface area contributed by atoms with E-state index in [9.17, 15) is 9.18 Å². The number of hydrogen-bond acceptors (Lipinski definition) is 4. The topological polar surface area (TPSA) is 73.3 Å². The number of nitrogens with two attached hydrogens (primary N) is 1. The van der Waals surface area contributed by atoms with Crippen molar-refractivity contribution in [2.75, 3.05) is 12.8 Å². The van der Waals surface area contributed by atoms with Crippen LogP contribution >= 0.6 is 11.8 Å². The summed E-state index contributed by atoms with van der Waals surface area (Å²) < 4.78 is 15.1. The van der Waals surface area contributed by atoms with Gasteiger partial charge in [0, 0.05) is 12.7 Å². The molecule has 7 heteroatoms. The number of aromatic nitrogens is 2. The molecule has 0 fully saturated rings. The quantitative estimate of drug-likeness (QED) is 0.679. The molecule has 1 aromatic heterocycles. The van der Waals surface area contributed by atoms with Gasteiger partial charge >= 0.3 is 0 Å². The molecule has 1 heterocycles. The normalized spacial score (nSPS) is 15.2. The largest absolute Gasteiger partial charge is 0.368 e. The monoisotopic (exact) mass is 334 g/mol. The first-order chi connectivity index (χ1) is 10.9. The van der Waals surface area contributed by atoms with E-state index in [1.54, 1.807) is 10.8 Å². The van der Waals surface area contributed by atoms with E-state index >= 15 is 0 Å². The molecule has 1 amide bonds. The summed E-state index contributed by atoms with van der Waals surface area (Å²) in [5.41, 5.74) is 8.51. The first-order valence-corrected chi connectivity index (χ1v) is 8.31. The van der Waals surface area contributed by atoms with E-state index in [0.717, 1.165) is 22.5 Å². The number of nitrogens with zero attached hydrogens (tertiary/aromatic N) is 3. The highest BCUT2D eigenvalue weighted by Crippen LogP contribution is 2.28. The van der Waals surface area contributed by atoms with Crippen molar-refractivity contribution in [1.82, 2.24) is 9.78 Å². The Morgan fingerprint density at radius 2 is 2.22 bits per heavy atom. The molecule has 1 aromatic rings. The Labute approximate surface area is 138 Å². The molecule has 0 saturated heterocycles. The number of primary amides is 1. The van der Waals surface area contributed by atoms with Gasteiger partial charge in [0.2, 0.25) is 5.91 Å². The Kier molecular flexibility index (Phi) is 5.54. The molecule has 0 unspecified atom stereocenters. The summed E-state index contributed by atoms with van der Waals surface area (Å²) in [6.45, 7) is 1.86. The van der Waals surface area contributed by atoms with Crippen LogP contribution in [0.25, 0.3) is 5.57 Å². The summed E-state index contributed by atoms with van der Waals surface area (Å²) in [7, 11) is 1.84. The van der Waals surface area contributed by atoms with Gasteiger partial charge in [-0.3, -0.25) is 14.5 Å². The fourth-order valence-electron chi connectivity index (χ4n) is 2.24. The molecule has 0 spiro atoms. The minimum Gasteiger partial charge on any atom is -0.368 e. The van der Waals surface area contributed by atoms with Gasteiger partial charge in [0.1, 0.15) is 23.1 Å². The number of amides is 1. The zero-order valence-electron chi connectivity index (χ0n) is 13.3. The molecule has 5 nitrogen and oxygen atoms in total. The fourth-order valence-corrected chi connectivity index (χ4v) is 2.88. The van der Waals surface area contributed by atoms with Crippen LogP contribution in [0.2, 0.25) is 0 Å². The van der Waals surface area contributed by atoms with Gasteiger partial charge < -0.3 is 5.73 Å². The number of hydrogen-bond donors (Lipinski definition) is 1. The summed E-state index contributed by atoms with van der Waals surface area (Å²) in [4.78, 5) is 15.3. The summed E-state index contributed by atoms with van der Waals surface area (Å²) in [5.74, 6) is -0.752. The first-order valence-electron chi connectivity index (χ1n) is 7.09. The lowest BCUT2D eigenvalue weighted by atomic mass is 10.1. The van der Waals surface area contributed by atoms with Crippen molar-refractivity contribution in [3.8, 4) is 0 Å². The van der Waals surface area contributed by atoms with Crippen molar-refractivity contribution in [3.63, 3.8) is 0 Å². The maximum absolute atomic E-state index is 13.4. The molecule has 23 heavy (non-hydrogen) atoms. The van der Waals surface area contributed by atoms with Gasteiger partial charge in [-0.2, -0.15) is 5.10 Å². The van der Waals surface area contributed by atoms with E-state index in [2.05, 4.69) is 10.1 Å². The van der Waals surface area contributed by atoms with Crippen molar-refractivity contribution in [2.24, 2.45) is 17.8 Å². The van der Waals surface area contributed by atoms with Crippen molar-refractivity contribution in [3.05, 3.63) is 47.1 Å². The fraction of sp³-hybridized carbons (Fsp3) is 0.312. The van der Waals surface area contributed by atoms with Crippen molar-refractivity contribution in [1.29, 1.82) is 0 Å². The molecule has 0 bridgehead atoms. The average Bonchev–Trinajstić information content (AvgIpc) is 2.68. The lowest BCUT2D eigenvalue weighted by molar-refractivity contribution is -0.116. The molecule has 0 aliphatic heterocycles. The van der Waals surface area contributed by atoms with Crippen LogP contribution in [0.5, 0.6) is 0 Å². The van der Waals surface area contributed by atoms with Gasteiger partial charge in [0.05, 0.1) is 5.56 Å². The Hall–Kier alpha value is -2.15. The van der Waals surface area contributed by atoms with Crippen LogP contribution in [0, 0.1) is 6.92 Å². The molecule has 122 valence electrons. The van der Waals surface area contributed by atoms with Crippen molar-refractivity contribution in [2.45, 2.75) is 13.3 Å². The van der Waals surface area contributed by atoms with Gasteiger partial charge in [-0.15, -0.1) is 11.8 Å². The Morgan fingerprint density at radius 3 is 2.87 bits per heavy atom. The second-order valence-electron chi connectivity index (χ2n) is 5.04. The van der Waals surface area contributed by atoms with E-state index in [1.165, 1.54) is 23.9 Å². The van der Waals surface area contributed by atoms with E-state index in [0.29, 0.717) is 11.5 Å². The number of aryl methyl sites for hydroxylation is 1. The number of rotatable bonds is 4. The smallest absolute Gasteiger partial charge is 0.239 e. The summed E-state index contributed by atoms with van der Waals surface area (Å²) in [6.07, 6.45) is 8.93. The number of aliphatic imine (C=N–C) groups is 1. The number of allylic oxidation sites excluding steroid dienone is 6. The third-order valence-corrected chi connectivity index (χ3v) is 4.19. The minimum atomic E-state index is -0.487. The van der Waals surface area contributed by atoms with Crippen LogP contribution < -0.4 is 5.73 Å². The zero-order valence-corrected chi connectivity index (χ0v) is 14.2. The predicted octanol–water partition coefficient (Wildman–Crippen LogP) is 2.52. The number of carbonyl (C=O) groups is 1.